The molecule has 3 aromatic carbocycles. The van der Waals surface area contributed by atoms with Crippen LogP contribution in [-0.2, 0) is 0 Å². The molecule has 172 valence electrons. The van der Waals surface area contributed by atoms with Gasteiger partial charge in [0, 0.05) is 21.1 Å². The average Bonchev–Trinajstić information content (AvgIpc) is 3.05. The molecule has 1 N–H and O–H groups in total. The van der Waals surface area contributed by atoms with Gasteiger partial charge in [0.1, 0.15) is 5.41 Å². The Morgan fingerprint density at radius 2 is 1.44 bits per heavy atom. The maximum atomic E-state index is 14.0. The first-order chi connectivity index (χ1) is 16.3. The van der Waals surface area contributed by atoms with Crippen LogP contribution < -0.4 is 0 Å². The summed E-state index contributed by atoms with van der Waals surface area (Å²) in [4.78, 5) is 40.3. The fourth-order valence-electron chi connectivity index (χ4n) is 6.15. The van der Waals surface area contributed by atoms with Gasteiger partial charge in [0.2, 0.25) is 6.04 Å². The first kappa shape index (κ1) is 22.4. The molecule has 1 spiro atoms. The Balaban J connectivity index is 1.83. The third-order valence-electron chi connectivity index (χ3n) is 7.53. The number of nitrogens with zero attached hydrogens (tertiary/aromatic N) is 1. The molecule has 0 aliphatic heterocycles. The minimum Gasteiger partial charge on any atom is -0.391 e. The fourth-order valence-corrected chi connectivity index (χ4v) is 6.35. The number of aliphatic hydroxyl groups excluding tert-OH is 1. The number of carbonyl (C=O) groups excluding carboxylic acids is 2. The van der Waals surface area contributed by atoms with Crippen LogP contribution in [0.2, 0.25) is 5.02 Å². The largest absolute Gasteiger partial charge is 0.391 e. The lowest BCUT2D eigenvalue weighted by Crippen LogP contribution is -2.63. The summed E-state index contributed by atoms with van der Waals surface area (Å²) in [6, 6.07) is 20.4. The van der Waals surface area contributed by atoms with Crippen LogP contribution in [0.25, 0.3) is 0 Å². The van der Waals surface area contributed by atoms with Gasteiger partial charge in [-0.25, -0.2) is 0 Å². The van der Waals surface area contributed by atoms with E-state index in [0.29, 0.717) is 16.1 Å². The molecule has 0 heterocycles. The second-order valence-electron chi connectivity index (χ2n) is 9.12. The van der Waals surface area contributed by atoms with Crippen molar-refractivity contribution in [1.29, 1.82) is 0 Å². The number of nitro groups is 1. The molecule has 0 unspecified atom stereocenters. The van der Waals surface area contributed by atoms with Crippen molar-refractivity contribution in [3.05, 3.63) is 116 Å². The number of ketones is 2. The van der Waals surface area contributed by atoms with E-state index in [9.17, 15) is 24.8 Å². The number of aliphatic hydroxyl groups is 1. The summed E-state index contributed by atoms with van der Waals surface area (Å²) in [5.74, 6) is -3.84. The van der Waals surface area contributed by atoms with Crippen molar-refractivity contribution in [3.63, 3.8) is 0 Å². The Bertz CT molecular complexity index is 1270. The maximum Gasteiger partial charge on any atom is 0.228 e. The summed E-state index contributed by atoms with van der Waals surface area (Å²) in [6.07, 6.45) is -1.44. The van der Waals surface area contributed by atoms with E-state index in [1.807, 2.05) is 6.07 Å². The molecule has 2 aliphatic carbocycles. The van der Waals surface area contributed by atoms with E-state index in [4.69, 9.17) is 11.6 Å². The number of hydrogen-bond donors (Lipinski definition) is 1. The summed E-state index contributed by atoms with van der Waals surface area (Å²) in [5, 5.41) is 24.9. The van der Waals surface area contributed by atoms with Crippen molar-refractivity contribution in [3.8, 4) is 0 Å². The van der Waals surface area contributed by atoms with E-state index in [0.717, 1.165) is 0 Å². The smallest absolute Gasteiger partial charge is 0.228 e. The van der Waals surface area contributed by atoms with Gasteiger partial charge in [0.25, 0.3) is 0 Å². The molecule has 0 saturated heterocycles. The minimum atomic E-state index is -2.02. The van der Waals surface area contributed by atoms with E-state index in [1.165, 1.54) is 0 Å². The van der Waals surface area contributed by atoms with Crippen LogP contribution in [0.1, 0.15) is 50.6 Å². The topological polar surface area (TPSA) is 97.5 Å². The first-order valence-corrected chi connectivity index (χ1v) is 11.5. The van der Waals surface area contributed by atoms with Crippen molar-refractivity contribution >= 4 is 23.2 Å². The number of halogens is 1. The SMILES string of the molecule is C[C@@H]1[C@@H](c2ccccc2)[C@H]([N+](=O)[O-])[C@@H](c2cccc(Cl)c2)C2(C(=O)c3ccccc3C2=O)[C@H]1O. The van der Waals surface area contributed by atoms with Crippen LogP contribution >= 0.6 is 11.6 Å². The Labute approximate surface area is 201 Å². The van der Waals surface area contributed by atoms with E-state index >= 15 is 0 Å². The number of carbonyl (C=O) groups is 2. The van der Waals surface area contributed by atoms with Gasteiger partial charge in [-0.05, 0) is 29.2 Å². The molecule has 0 amide bonds. The fraction of sp³-hybridized carbons (Fsp3) is 0.259. The second-order valence-corrected chi connectivity index (χ2v) is 9.56. The molecule has 3 aromatic rings. The van der Waals surface area contributed by atoms with Gasteiger partial charge in [-0.2, -0.15) is 0 Å². The summed E-state index contributed by atoms with van der Waals surface area (Å²) in [6.45, 7) is 1.68. The molecule has 0 bridgehead atoms. The van der Waals surface area contributed by atoms with Crippen molar-refractivity contribution in [2.24, 2.45) is 11.3 Å². The highest BCUT2D eigenvalue weighted by molar-refractivity contribution is 6.31. The molecule has 2 aliphatic rings. The molecular weight excluding hydrogens is 454 g/mol. The number of rotatable bonds is 3. The predicted molar refractivity (Wildman–Crippen MR) is 127 cm³/mol. The van der Waals surface area contributed by atoms with Crippen LogP contribution in [0, 0.1) is 21.4 Å². The van der Waals surface area contributed by atoms with Gasteiger partial charge >= 0.3 is 0 Å². The van der Waals surface area contributed by atoms with Crippen LogP contribution in [0.15, 0.2) is 78.9 Å². The van der Waals surface area contributed by atoms with Crippen molar-refractivity contribution in [1.82, 2.24) is 0 Å². The number of benzene rings is 3. The lowest BCUT2D eigenvalue weighted by atomic mass is 9.51. The van der Waals surface area contributed by atoms with Crippen LogP contribution in [-0.4, -0.2) is 33.7 Å². The lowest BCUT2D eigenvalue weighted by molar-refractivity contribution is -0.539. The average molecular weight is 476 g/mol. The van der Waals surface area contributed by atoms with Gasteiger partial charge in [-0.15, -0.1) is 0 Å². The molecule has 1 saturated carbocycles. The minimum absolute atomic E-state index is 0.186. The molecule has 0 aromatic heterocycles. The molecule has 6 nitrogen and oxygen atoms in total. The summed E-state index contributed by atoms with van der Waals surface area (Å²) >= 11 is 6.26. The zero-order valence-corrected chi connectivity index (χ0v) is 19.1. The van der Waals surface area contributed by atoms with Crippen LogP contribution in [0.3, 0.4) is 0 Å². The molecule has 7 heteroatoms. The monoisotopic (exact) mass is 475 g/mol. The van der Waals surface area contributed by atoms with Crippen LogP contribution in [0.4, 0.5) is 0 Å². The summed E-state index contributed by atoms with van der Waals surface area (Å²) in [7, 11) is 0. The molecule has 1 fully saturated rings. The number of fused-ring (bicyclic) bond motifs is 1. The standard InChI is InChI=1S/C27H22ClNO5/c1-15-21(16-8-3-2-4-9-16)23(29(33)34)22(17-10-7-11-18(28)14-17)27(24(15)30)25(31)19-12-5-6-13-20(19)26(27)32/h2-15,21-24,30H,1H3/t15-,21+,22-,23+,24+/m1/s1. The third kappa shape index (κ3) is 2.99. The van der Waals surface area contributed by atoms with Gasteiger partial charge in [0.05, 0.1) is 17.9 Å². The lowest BCUT2D eigenvalue weighted by Gasteiger charge is -2.50. The Morgan fingerprint density at radius 3 is 2.00 bits per heavy atom. The number of hydrogen-bond acceptors (Lipinski definition) is 5. The first-order valence-electron chi connectivity index (χ1n) is 11.1. The highest BCUT2D eigenvalue weighted by atomic mass is 35.5. The molecule has 5 rings (SSSR count). The van der Waals surface area contributed by atoms with Gasteiger partial charge in [-0.1, -0.05) is 85.3 Å². The predicted octanol–water partition coefficient (Wildman–Crippen LogP) is 4.93. The van der Waals surface area contributed by atoms with Crippen molar-refractivity contribution in [2.45, 2.75) is 30.9 Å². The quantitative estimate of drug-likeness (QED) is 0.329. The summed E-state index contributed by atoms with van der Waals surface area (Å²) in [5.41, 5.74) is -0.586. The number of Topliss-reactive ketones (excluding diaryl/α,β-unsaturated/α-hetero) is 2. The molecule has 5 atom stereocenters. The highest BCUT2D eigenvalue weighted by Crippen LogP contribution is 2.60. The van der Waals surface area contributed by atoms with Gasteiger partial charge in [-0.3, -0.25) is 19.7 Å². The molecular formula is C27H22ClNO5. The van der Waals surface area contributed by atoms with E-state index < -0.39 is 51.8 Å². The summed E-state index contributed by atoms with van der Waals surface area (Å²) < 4.78 is 0. The van der Waals surface area contributed by atoms with Crippen molar-refractivity contribution < 1.29 is 19.6 Å². The second kappa shape index (κ2) is 8.15. The van der Waals surface area contributed by atoms with E-state index in [-0.39, 0.29) is 11.1 Å². The van der Waals surface area contributed by atoms with Gasteiger partial charge in [0.15, 0.2) is 11.6 Å². The third-order valence-corrected chi connectivity index (χ3v) is 7.77. The van der Waals surface area contributed by atoms with Crippen molar-refractivity contribution in [2.75, 3.05) is 0 Å². The molecule has 34 heavy (non-hydrogen) atoms. The Morgan fingerprint density at radius 1 is 0.882 bits per heavy atom. The maximum absolute atomic E-state index is 14.0. The van der Waals surface area contributed by atoms with Gasteiger partial charge < -0.3 is 5.11 Å². The van der Waals surface area contributed by atoms with Crippen LogP contribution in [0.5, 0.6) is 0 Å². The van der Waals surface area contributed by atoms with E-state index in [1.54, 1.807) is 79.7 Å². The molecule has 0 radical (unpaired) electrons. The zero-order chi connectivity index (χ0) is 24.2. The highest BCUT2D eigenvalue weighted by Gasteiger charge is 2.71. The Kier molecular flexibility index (Phi) is 5.38. The normalized spacial score (nSPS) is 27.6. The zero-order valence-electron chi connectivity index (χ0n) is 18.3. The Hall–Kier alpha value is -3.35. The van der Waals surface area contributed by atoms with E-state index in [2.05, 4.69) is 0 Å².